The van der Waals surface area contributed by atoms with Crippen LogP contribution in [0, 0.1) is 23.5 Å². The molecule has 0 heterocycles. The molecule has 1 aromatic carbocycles. The standard InChI is InChI=1S/C15H22BrF2N/c1-9(2)19-8-11(4)10(3)7-12-14(17)6-5-13(16)15(12)18/h5-6,9-11,19H,7-8H2,1-4H3. The van der Waals surface area contributed by atoms with Crippen molar-refractivity contribution in [2.75, 3.05) is 6.54 Å². The van der Waals surface area contributed by atoms with Crippen LogP contribution in [0.15, 0.2) is 16.6 Å². The van der Waals surface area contributed by atoms with Crippen molar-refractivity contribution in [3.05, 3.63) is 33.8 Å². The lowest BCUT2D eigenvalue weighted by Crippen LogP contribution is -2.31. The monoisotopic (exact) mass is 333 g/mol. The smallest absolute Gasteiger partial charge is 0.143 e. The van der Waals surface area contributed by atoms with E-state index in [-0.39, 0.29) is 11.5 Å². The van der Waals surface area contributed by atoms with Crippen LogP contribution >= 0.6 is 15.9 Å². The van der Waals surface area contributed by atoms with Crippen molar-refractivity contribution in [1.29, 1.82) is 0 Å². The molecule has 0 spiro atoms. The van der Waals surface area contributed by atoms with E-state index in [4.69, 9.17) is 0 Å². The molecule has 0 aliphatic carbocycles. The maximum absolute atomic E-state index is 13.9. The summed E-state index contributed by atoms with van der Waals surface area (Å²) >= 11 is 3.10. The van der Waals surface area contributed by atoms with E-state index in [1.807, 2.05) is 6.92 Å². The largest absolute Gasteiger partial charge is 0.314 e. The number of halogens is 3. The van der Waals surface area contributed by atoms with Gasteiger partial charge >= 0.3 is 0 Å². The highest BCUT2D eigenvalue weighted by atomic mass is 79.9. The molecule has 0 saturated heterocycles. The Hall–Kier alpha value is -0.480. The summed E-state index contributed by atoms with van der Waals surface area (Å²) in [4.78, 5) is 0. The number of rotatable bonds is 6. The Morgan fingerprint density at radius 1 is 1.11 bits per heavy atom. The van der Waals surface area contributed by atoms with Crippen molar-refractivity contribution >= 4 is 15.9 Å². The van der Waals surface area contributed by atoms with Crippen LogP contribution in [0.5, 0.6) is 0 Å². The molecule has 1 nitrogen and oxygen atoms in total. The van der Waals surface area contributed by atoms with Crippen molar-refractivity contribution in [3.8, 4) is 0 Å². The van der Waals surface area contributed by atoms with E-state index >= 15 is 0 Å². The molecule has 0 amide bonds. The molecule has 0 aromatic heterocycles. The summed E-state index contributed by atoms with van der Waals surface area (Å²) in [5, 5.41) is 3.36. The first kappa shape index (κ1) is 16.6. The van der Waals surface area contributed by atoms with Gasteiger partial charge in [-0.05, 0) is 52.9 Å². The minimum absolute atomic E-state index is 0.179. The zero-order valence-corrected chi connectivity index (χ0v) is 13.5. The van der Waals surface area contributed by atoms with Crippen LogP contribution in [0.2, 0.25) is 0 Å². The SMILES string of the molecule is CC(C)NCC(C)C(C)Cc1c(F)ccc(Br)c1F. The van der Waals surface area contributed by atoms with Crippen molar-refractivity contribution < 1.29 is 8.78 Å². The Kier molecular flexibility index (Phi) is 6.40. The highest BCUT2D eigenvalue weighted by molar-refractivity contribution is 9.10. The molecule has 0 fully saturated rings. The van der Waals surface area contributed by atoms with Gasteiger partial charge in [0.1, 0.15) is 11.6 Å². The Labute approximate surface area is 122 Å². The quantitative estimate of drug-likeness (QED) is 0.753. The molecule has 2 unspecified atom stereocenters. The van der Waals surface area contributed by atoms with Gasteiger partial charge in [0.2, 0.25) is 0 Å². The maximum Gasteiger partial charge on any atom is 0.143 e. The predicted octanol–water partition coefficient (Wildman–Crippen LogP) is 4.54. The molecule has 0 aliphatic heterocycles. The molecule has 0 bridgehead atoms. The molecule has 4 heteroatoms. The lowest BCUT2D eigenvalue weighted by atomic mass is 9.89. The van der Waals surface area contributed by atoms with Crippen molar-refractivity contribution in [3.63, 3.8) is 0 Å². The van der Waals surface area contributed by atoms with Gasteiger partial charge < -0.3 is 5.32 Å². The van der Waals surface area contributed by atoms with Crippen LogP contribution in [0.4, 0.5) is 8.78 Å². The molecule has 2 atom stereocenters. The highest BCUT2D eigenvalue weighted by Crippen LogP contribution is 2.26. The summed E-state index contributed by atoms with van der Waals surface area (Å²) in [5.74, 6) is -0.364. The average Bonchev–Trinajstić information content (AvgIpc) is 2.36. The third-order valence-electron chi connectivity index (χ3n) is 3.48. The highest BCUT2D eigenvalue weighted by Gasteiger charge is 2.19. The van der Waals surface area contributed by atoms with Crippen molar-refractivity contribution in [2.45, 2.75) is 40.2 Å². The normalized spacial score (nSPS) is 14.7. The molecule has 1 aromatic rings. The van der Waals surface area contributed by atoms with E-state index < -0.39 is 11.6 Å². The summed E-state index contributed by atoms with van der Waals surface area (Å²) < 4.78 is 27.9. The Bertz CT molecular complexity index is 421. The molecule has 0 aliphatic rings. The second-order valence-corrected chi connectivity index (χ2v) is 6.40. The van der Waals surface area contributed by atoms with Gasteiger partial charge in [0.05, 0.1) is 4.47 Å². The van der Waals surface area contributed by atoms with Crippen molar-refractivity contribution in [1.82, 2.24) is 5.32 Å². The Morgan fingerprint density at radius 2 is 1.74 bits per heavy atom. The first-order chi connectivity index (χ1) is 8.82. The third-order valence-corrected chi connectivity index (χ3v) is 4.10. The minimum atomic E-state index is -0.476. The molecular weight excluding hydrogens is 312 g/mol. The van der Waals surface area contributed by atoms with E-state index in [2.05, 4.69) is 42.0 Å². The lowest BCUT2D eigenvalue weighted by Gasteiger charge is -2.22. The molecule has 1 rings (SSSR count). The summed E-state index contributed by atoms with van der Waals surface area (Å²) in [7, 11) is 0. The number of nitrogens with one attached hydrogen (secondary N) is 1. The molecule has 0 radical (unpaired) electrons. The number of benzene rings is 1. The molecule has 19 heavy (non-hydrogen) atoms. The Morgan fingerprint density at radius 3 is 2.32 bits per heavy atom. The zero-order chi connectivity index (χ0) is 14.6. The summed E-state index contributed by atoms with van der Waals surface area (Å²) in [6, 6.07) is 3.14. The second-order valence-electron chi connectivity index (χ2n) is 5.54. The average molecular weight is 334 g/mol. The van der Waals surface area contributed by atoms with E-state index in [0.717, 1.165) is 6.54 Å². The van der Waals surface area contributed by atoms with E-state index in [0.29, 0.717) is 22.9 Å². The summed E-state index contributed by atoms with van der Waals surface area (Å²) in [5.41, 5.74) is 0.179. The van der Waals surface area contributed by atoms with Gasteiger partial charge in [-0.3, -0.25) is 0 Å². The topological polar surface area (TPSA) is 12.0 Å². The lowest BCUT2D eigenvalue weighted by molar-refractivity contribution is 0.346. The van der Waals surface area contributed by atoms with Crippen LogP contribution < -0.4 is 5.32 Å². The van der Waals surface area contributed by atoms with Crippen LogP contribution in [0.25, 0.3) is 0 Å². The van der Waals surface area contributed by atoms with Gasteiger partial charge in [0.15, 0.2) is 0 Å². The summed E-state index contributed by atoms with van der Waals surface area (Å²) in [6.45, 7) is 9.17. The van der Waals surface area contributed by atoms with Crippen LogP contribution in [0.3, 0.4) is 0 Å². The molecule has 0 saturated carbocycles. The van der Waals surface area contributed by atoms with Gasteiger partial charge in [0, 0.05) is 11.6 Å². The fourth-order valence-electron chi connectivity index (χ4n) is 1.90. The van der Waals surface area contributed by atoms with Gasteiger partial charge in [-0.25, -0.2) is 8.78 Å². The first-order valence-electron chi connectivity index (χ1n) is 6.68. The third kappa shape index (κ3) is 4.84. The number of hydrogen-bond donors (Lipinski definition) is 1. The van der Waals surface area contributed by atoms with E-state index in [1.54, 1.807) is 0 Å². The van der Waals surface area contributed by atoms with Crippen LogP contribution in [-0.4, -0.2) is 12.6 Å². The van der Waals surface area contributed by atoms with Crippen molar-refractivity contribution in [2.24, 2.45) is 11.8 Å². The van der Waals surface area contributed by atoms with Crippen LogP contribution in [-0.2, 0) is 6.42 Å². The fraction of sp³-hybridized carbons (Fsp3) is 0.600. The van der Waals surface area contributed by atoms with E-state index in [9.17, 15) is 8.78 Å². The van der Waals surface area contributed by atoms with Gasteiger partial charge in [0.25, 0.3) is 0 Å². The Balaban J connectivity index is 2.71. The van der Waals surface area contributed by atoms with Crippen LogP contribution in [0.1, 0.15) is 33.3 Å². The zero-order valence-electron chi connectivity index (χ0n) is 11.9. The van der Waals surface area contributed by atoms with Gasteiger partial charge in [-0.1, -0.05) is 27.7 Å². The predicted molar refractivity (Wildman–Crippen MR) is 79.2 cm³/mol. The summed E-state index contributed by atoms with van der Waals surface area (Å²) in [6.07, 6.45) is 0.415. The number of hydrogen-bond acceptors (Lipinski definition) is 1. The fourth-order valence-corrected chi connectivity index (χ4v) is 2.27. The minimum Gasteiger partial charge on any atom is -0.314 e. The molecular formula is C15H22BrF2N. The second kappa shape index (κ2) is 7.34. The maximum atomic E-state index is 13.9. The molecule has 108 valence electrons. The van der Waals surface area contributed by atoms with Gasteiger partial charge in [-0.2, -0.15) is 0 Å². The molecule has 1 N–H and O–H groups in total. The van der Waals surface area contributed by atoms with E-state index in [1.165, 1.54) is 12.1 Å². The first-order valence-corrected chi connectivity index (χ1v) is 7.48. The van der Waals surface area contributed by atoms with Gasteiger partial charge in [-0.15, -0.1) is 0 Å².